The highest BCUT2D eigenvalue weighted by Crippen LogP contribution is 2.79. The fourth-order valence-corrected chi connectivity index (χ4v) is 8.83. The van der Waals surface area contributed by atoms with E-state index in [1.54, 1.807) is 11.1 Å². The number of rotatable bonds is 0. The first-order chi connectivity index (χ1) is 10.9. The van der Waals surface area contributed by atoms with Gasteiger partial charge in [-0.2, -0.15) is 23.5 Å². The van der Waals surface area contributed by atoms with Crippen molar-refractivity contribution in [1.29, 1.82) is 0 Å². The van der Waals surface area contributed by atoms with E-state index >= 15 is 0 Å². The van der Waals surface area contributed by atoms with Gasteiger partial charge < -0.3 is 0 Å². The second kappa shape index (κ2) is 4.61. The van der Waals surface area contributed by atoms with Crippen molar-refractivity contribution in [2.45, 2.75) is 66.6 Å². The highest BCUT2D eigenvalue weighted by Gasteiger charge is 2.87. The molecular formula is C20H32O2S2. The molecule has 4 rings (SSSR count). The van der Waals surface area contributed by atoms with Gasteiger partial charge in [0.05, 0.1) is 0 Å². The molecule has 3 saturated heterocycles. The Morgan fingerprint density at radius 3 is 1.21 bits per heavy atom. The molecule has 2 unspecified atom stereocenters. The topological polar surface area (TPSA) is 18.5 Å². The van der Waals surface area contributed by atoms with Crippen LogP contribution in [0.3, 0.4) is 0 Å². The van der Waals surface area contributed by atoms with E-state index in [4.69, 9.17) is 9.78 Å². The van der Waals surface area contributed by atoms with E-state index in [0.717, 1.165) is 11.5 Å². The van der Waals surface area contributed by atoms with Crippen molar-refractivity contribution < 1.29 is 9.78 Å². The van der Waals surface area contributed by atoms with E-state index in [9.17, 15) is 0 Å². The first kappa shape index (κ1) is 17.8. The molecule has 2 nitrogen and oxygen atoms in total. The van der Waals surface area contributed by atoms with E-state index in [-0.39, 0.29) is 32.9 Å². The summed E-state index contributed by atoms with van der Waals surface area (Å²) in [6, 6.07) is 0. The van der Waals surface area contributed by atoms with Crippen molar-refractivity contribution in [3.05, 3.63) is 11.1 Å². The van der Waals surface area contributed by atoms with E-state index in [2.05, 4.69) is 78.9 Å². The molecule has 3 aliphatic heterocycles. The Morgan fingerprint density at radius 2 is 0.917 bits per heavy atom. The molecule has 0 N–H and O–H groups in total. The Labute approximate surface area is 155 Å². The van der Waals surface area contributed by atoms with Crippen molar-refractivity contribution in [2.24, 2.45) is 21.7 Å². The minimum absolute atomic E-state index is 0.0743. The molecule has 2 spiro atoms. The summed E-state index contributed by atoms with van der Waals surface area (Å²) in [5, 5.41) is 0. The van der Waals surface area contributed by atoms with Gasteiger partial charge in [-0.15, -0.1) is 0 Å². The highest BCUT2D eigenvalue weighted by atomic mass is 32.2. The van der Waals surface area contributed by atoms with Gasteiger partial charge in [0.2, 0.25) is 0 Å². The number of thioether (sulfide) groups is 2. The summed E-state index contributed by atoms with van der Waals surface area (Å²) in [5.41, 5.74) is 3.08. The second-order valence-corrected chi connectivity index (χ2v) is 12.8. The normalized spacial score (nSPS) is 44.0. The SMILES string of the molecule is CC1(C)CSCC(C)(C)C23OOC24C(=C13)C(C)(C)CSCC4(C)C. The molecule has 4 heteroatoms. The minimum Gasteiger partial charge on any atom is -0.220 e. The van der Waals surface area contributed by atoms with Crippen LogP contribution in [-0.2, 0) is 9.78 Å². The zero-order valence-electron chi connectivity index (χ0n) is 16.5. The Bertz CT molecular complexity index is 578. The van der Waals surface area contributed by atoms with Crippen LogP contribution in [0.25, 0.3) is 0 Å². The summed E-state index contributed by atoms with van der Waals surface area (Å²) in [6.07, 6.45) is 0. The van der Waals surface area contributed by atoms with Gasteiger partial charge in [0, 0.05) is 33.8 Å². The quantitative estimate of drug-likeness (QED) is 0.424. The number of hydrogen-bond acceptors (Lipinski definition) is 4. The zero-order chi connectivity index (χ0) is 17.8. The van der Waals surface area contributed by atoms with Crippen LogP contribution in [-0.4, -0.2) is 34.2 Å². The maximum Gasteiger partial charge on any atom is 0.168 e. The molecule has 136 valence electrons. The standard InChI is InChI=1S/C20H32O2S2/c1-15(2)9-23-11-17(5,6)19-13(15)14-16(3,4)10-24-12-18(7,8)20(14,19)22-21-19/h9-12H2,1-8H3. The van der Waals surface area contributed by atoms with Crippen LogP contribution in [0.5, 0.6) is 0 Å². The minimum atomic E-state index is -0.256. The van der Waals surface area contributed by atoms with Crippen molar-refractivity contribution in [2.75, 3.05) is 23.0 Å². The van der Waals surface area contributed by atoms with Gasteiger partial charge >= 0.3 is 0 Å². The van der Waals surface area contributed by atoms with E-state index < -0.39 is 0 Å². The lowest BCUT2D eigenvalue weighted by Crippen LogP contribution is -2.87. The van der Waals surface area contributed by atoms with Crippen LogP contribution < -0.4 is 0 Å². The third kappa shape index (κ3) is 1.66. The maximum absolute atomic E-state index is 6.22. The molecule has 4 aliphatic rings. The summed E-state index contributed by atoms with van der Waals surface area (Å²) in [5.74, 6) is 4.59. The van der Waals surface area contributed by atoms with Crippen LogP contribution in [0.2, 0.25) is 0 Å². The average molecular weight is 369 g/mol. The summed E-state index contributed by atoms with van der Waals surface area (Å²) < 4.78 is 0. The lowest BCUT2D eigenvalue weighted by atomic mass is 9.38. The number of hydrogen-bond donors (Lipinski definition) is 0. The van der Waals surface area contributed by atoms with Crippen LogP contribution >= 0.6 is 23.5 Å². The monoisotopic (exact) mass is 368 g/mol. The van der Waals surface area contributed by atoms with Crippen molar-refractivity contribution in [3.8, 4) is 0 Å². The van der Waals surface area contributed by atoms with Gasteiger partial charge in [0.1, 0.15) is 0 Å². The van der Waals surface area contributed by atoms with Crippen LogP contribution in [0.1, 0.15) is 55.4 Å². The zero-order valence-corrected chi connectivity index (χ0v) is 18.1. The molecular weight excluding hydrogens is 336 g/mol. The van der Waals surface area contributed by atoms with Gasteiger partial charge in [0.25, 0.3) is 0 Å². The molecule has 0 amide bonds. The molecule has 1 aliphatic carbocycles. The fraction of sp³-hybridized carbons (Fsp3) is 0.900. The second-order valence-electron chi connectivity index (χ2n) is 10.8. The van der Waals surface area contributed by atoms with Crippen LogP contribution in [0.15, 0.2) is 11.1 Å². The van der Waals surface area contributed by atoms with Gasteiger partial charge in [-0.3, -0.25) is 0 Å². The predicted octanol–water partition coefficient (Wildman–Crippen LogP) is 5.33. The molecule has 2 atom stereocenters. The lowest BCUT2D eigenvalue weighted by Gasteiger charge is -2.77. The average Bonchev–Trinajstić information content (AvgIpc) is 2.50. The third-order valence-electron chi connectivity index (χ3n) is 6.85. The summed E-state index contributed by atoms with van der Waals surface area (Å²) in [7, 11) is 0. The molecule has 0 aromatic heterocycles. The first-order valence-corrected chi connectivity index (χ1v) is 11.5. The summed E-state index contributed by atoms with van der Waals surface area (Å²) >= 11 is 4.17. The summed E-state index contributed by atoms with van der Waals surface area (Å²) in [4.78, 5) is 12.4. The smallest absolute Gasteiger partial charge is 0.168 e. The molecule has 0 saturated carbocycles. The molecule has 3 heterocycles. The van der Waals surface area contributed by atoms with Gasteiger partial charge in [-0.05, 0) is 22.0 Å². The third-order valence-corrected chi connectivity index (χ3v) is 10.6. The van der Waals surface area contributed by atoms with E-state index in [1.807, 2.05) is 0 Å². The van der Waals surface area contributed by atoms with Gasteiger partial charge in [-0.25, -0.2) is 9.78 Å². The summed E-state index contributed by atoms with van der Waals surface area (Å²) in [6.45, 7) is 19.2. The van der Waals surface area contributed by atoms with Crippen molar-refractivity contribution in [3.63, 3.8) is 0 Å². The Balaban J connectivity index is 2.08. The Kier molecular flexibility index (Phi) is 3.41. The van der Waals surface area contributed by atoms with E-state index in [1.165, 1.54) is 11.5 Å². The van der Waals surface area contributed by atoms with Crippen molar-refractivity contribution >= 4 is 23.5 Å². The highest BCUT2D eigenvalue weighted by molar-refractivity contribution is 7.99. The molecule has 0 radical (unpaired) electrons. The lowest BCUT2D eigenvalue weighted by molar-refractivity contribution is -0.585. The van der Waals surface area contributed by atoms with Gasteiger partial charge in [0.15, 0.2) is 11.2 Å². The van der Waals surface area contributed by atoms with Crippen molar-refractivity contribution in [1.82, 2.24) is 0 Å². The first-order valence-electron chi connectivity index (χ1n) is 9.14. The Morgan fingerprint density at radius 1 is 0.583 bits per heavy atom. The Hall–Kier alpha value is 0.360. The molecule has 0 aromatic carbocycles. The predicted molar refractivity (Wildman–Crippen MR) is 104 cm³/mol. The van der Waals surface area contributed by atoms with Crippen LogP contribution in [0, 0.1) is 21.7 Å². The largest absolute Gasteiger partial charge is 0.220 e. The fourth-order valence-electron chi connectivity index (χ4n) is 5.89. The molecule has 24 heavy (non-hydrogen) atoms. The van der Waals surface area contributed by atoms with E-state index in [0.29, 0.717) is 0 Å². The van der Waals surface area contributed by atoms with Gasteiger partial charge in [-0.1, -0.05) is 55.4 Å². The molecule has 3 fully saturated rings. The molecule has 0 aromatic rings. The van der Waals surface area contributed by atoms with Crippen LogP contribution in [0.4, 0.5) is 0 Å². The maximum atomic E-state index is 6.22. The molecule has 0 bridgehead atoms.